The van der Waals surface area contributed by atoms with Crippen molar-refractivity contribution in [1.82, 2.24) is 0 Å². The zero-order valence-electron chi connectivity index (χ0n) is 7.59. The molecule has 0 fully saturated rings. The lowest BCUT2D eigenvalue weighted by atomic mass is 9.99. The van der Waals surface area contributed by atoms with Gasteiger partial charge in [-0.2, -0.15) is 0 Å². The fourth-order valence-corrected chi connectivity index (χ4v) is 2.11. The normalized spacial score (nSPS) is 21.1. The van der Waals surface area contributed by atoms with Crippen LogP contribution in [0.3, 0.4) is 0 Å². The third-order valence-corrected chi connectivity index (χ3v) is 2.81. The van der Waals surface area contributed by atoms with Crippen molar-refractivity contribution in [3.05, 3.63) is 34.4 Å². The molecule has 0 heterocycles. The molecule has 0 radical (unpaired) electrons. The van der Waals surface area contributed by atoms with Gasteiger partial charge in [0.15, 0.2) is 0 Å². The number of aliphatic hydroxyl groups excluding tert-OH is 1. The lowest BCUT2D eigenvalue weighted by Crippen LogP contribution is -1.95. The molecule has 1 heteroatoms. The molecule has 64 valence electrons. The van der Waals surface area contributed by atoms with Crippen LogP contribution in [-0.2, 0) is 6.42 Å². The molecule has 0 saturated carbocycles. The lowest BCUT2D eigenvalue weighted by molar-refractivity contribution is 0.179. The van der Waals surface area contributed by atoms with Crippen molar-refractivity contribution in [1.29, 1.82) is 0 Å². The predicted molar refractivity (Wildman–Crippen MR) is 49.2 cm³/mol. The van der Waals surface area contributed by atoms with Crippen LogP contribution < -0.4 is 0 Å². The molecular formula is C11H14O. The Balaban J connectivity index is 2.64. The van der Waals surface area contributed by atoms with Gasteiger partial charge in [-0.15, -0.1) is 0 Å². The molecule has 1 aliphatic carbocycles. The van der Waals surface area contributed by atoms with E-state index >= 15 is 0 Å². The zero-order chi connectivity index (χ0) is 8.72. The Morgan fingerprint density at radius 1 is 1.25 bits per heavy atom. The van der Waals surface area contributed by atoms with Crippen LogP contribution in [0.2, 0.25) is 0 Å². The standard InChI is InChI=1S/C11H14O/c1-7-3-4-8(2)11-9(7)5-6-10(11)12/h3-4,10,12H,5-6H2,1-2H3. The van der Waals surface area contributed by atoms with Crippen LogP contribution in [0.15, 0.2) is 12.1 Å². The smallest absolute Gasteiger partial charge is 0.0798 e. The van der Waals surface area contributed by atoms with Crippen LogP contribution in [0.1, 0.15) is 34.8 Å². The second-order valence-corrected chi connectivity index (χ2v) is 3.65. The van der Waals surface area contributed by atoms with Gasteiger partial charge in [0.2, 0.25) is 0 Å². The van der Waals surface area contributed by atoms with Crippen molar-refractivity contribution in [3.63, 3.8) is 0 Å². The molecule has 0 amide bonds. The molecule has 0 spiro atoms. The van der Waals surface area contributed by atoms with Crippen molar-refractivity contribution in [2.75, 3.05) is 0 Å². The number of fused-ring (bicyclic) bond motifs is 1. The summed E-state index contributed by atoms with van der Waals surface area (Å²) < 4.78 is 0. The maximum absolute atomic E-state index is 9.69. The largest absolute Gasteiger partial charge is 0.388 e. The third-order valence-electron chi connectivity index (χ3n) is 2.81. The van der Waals surface area contributed by atoms with Gasteiger partial charge >= 0.3 is 0 Å². The summed E-state index contributed by atoms with van der Waals surface area (Å²) in [4.78, 5) is 0. The number of benzene rings is 1. The topological polar surface area (TPSA) is 20.2 Å². The Morgan fingerprint density at radius 2 is 1.92 bits per heavy atom. The minimum atomic E-state index is -0.208. The summed E-state index contributed by atoms with van der Waals surface area (Å²) in [6.07, 6.45) is 1.74. The monoisotopic (exact) mass is 162 g/mol. The number of aliphatic hydroxyl groups is 1. The highest BCUT2D eigenvalue weighted by atomic mass is 16.3. The first kappa shape index (κ1) is 7.81. The molecule has 0 bridgehead atoms. The van der Waals surface area contributed by atoms with E-state index < -0.39 is 0 Å². The summed E-state index contributed by atoms with van der Waals surface area (Å²) in [6, 6.07) is 4.24. The quantitative estimate of drug-likeness (QED) is 0.620. The van der Waals surface area contributed by atoms with E-state index in [4.69, 9.17) is 0 Å². The van der Waals surface area contributed by atoms with E-state index in [1.165, 1.54) is 22.3 Å². The molecule has 1 N–H and O–H groups in total. The van der Waals surface area contributed by atoms with Crippen molar-refractivity contribution < 1.29 is 5.11 Å². The van der Waals surface area contributed by atoms with E-state index in [9.17, 15) is 5.11 Å². The first-order chi connectivity index (χ1) is 5.70. The van der Waals surface area contributed by atoms with Crippen LogP contribution in [0.25, 0.3) is 0 Å². The van der Waals surface area contributed by atoms with Gasteiger partial charge < -0.3 is 5.11 Å². The highest BCUT2D eigenvalue weighted by Crippen LogP contribution is 2.35. The number of hydrogen-bond donors (Lipinski definition) is 1. The van der Waals surface area contributed by atoms with Crippen LogP contribution in [0.4, 0.5) is 0 Å². The summed E-state index contributed by atoms with van der Waals surface area (Å²) in [7, 11) is 0. The van der Waals surface area contributed by atoms with Crippen LogP contribution in [0, 0.1) is 13.8 Å². The molecule has 0 saturated heterocycles. The Bertz CT molecular complexity index is 315. The van der Waals surface area contributed by atoms with Gasteiger partial charge in [0.25, 0.3) is 0 Å². The molecule has 1 nitrogen and oxygen atoms in total. The minimum Gasteiger partial charge on any atom is -0.388 e. The van der Waals surface area contributed by atoms with Crippen LogP contribution >= 0.6 is 0 Å². The molecule has 1 aromatic carbocycles. The second kappa shape index (κ2) is 2.60. The Kier molecular flexibility index (Phi) is 1.69. The van der Waals surface area contributed by atoms with Crippen molar-refractivity contribution >= 4 is 0 Å². The maximum Gasteiger partial charge on any atom is 0.0798 e. The van der Waals surface area contributed by atoms with Crippen molar-refractivity contribution in [2.45, 2.75) is 32.8 Å². The third kappa shape index (κ3) is 0.969. The van der Waals surface area contributed by atoms with Crippen molar-refractivity contribution in [3.8, 4) is 0 Å². The molecule has 2 rings (SSSR count). The van der Waals surface area contributed by atoms with Gasteiger partial charge in [-0.3, -0.25) is 0 Å². The molecular weight excluding hydrogens is 148 g/mol. The minimum absolute atomic E-state index is 0.208. The van der Waals surface area contributed by atoms with Gasteiger partial charge in [0.05, 0.1) is 6.10 Å². The maximum atomic E-state index is 9.69. The van der Waals surface area contributed by atoms with Crippen LogP contribution in [-0.4, -0.2) is 5.11 Å². The molecule has 1 unspecified atom stereocenters. The number of rotatable bonds is 0. The first-order valence-electron chi connectivity index (χ1n) is 4.47. The summed E-state index contributed by atoms with van der Waals surface area (Å²) in [5.74, 6) is 0. The van der Waals surface area contributed by atoms with E-state index in [-0.39, 0.29) is 6.10 Å². The molecule has 0 aliphatic heterocycles. The van der Waals surface area contributed by atoms with Crippen LogP contribution in [0.5, 0.6) is 0 Å². The first-order valence-corrected chi connectivity index (χ1v) is 4.47. The average molecular weight is 162 g/mol. The molecule has 1 atom stereocenters. The summed E-state index contributed by atoms with van der Waals surface area (Å²) in [5, 5.41) is 9.69. The lowest BCUT2D eigenvalue weighted by Gasteiger charge is -2.09. The van der Waals surface area contributed by atoms with Gasteiger partial charge in [0, 0.05) is 0 Å². The van der Waals surface area contributed by atoms with E-state index in [1.807, 2.05) is 0 Å². The Hall–Kier alpha value is -0.820. The summed E-state index contributed by atoms with van der Waals surface area (Å²) in [6.45, 7) is 4.20. The van der Waals surface area contributed by atoms with Gasteiger partial charge in [-0.05, 0) is 48.9 Å². The molecule has 0 aromatic heterocycles. The van der Waals surface area contributed by atoms with Gasteiger partial charge in [-0.25, -0.2) is 0 Å². The van der Waals surface area contributed by atoms with Gasteiger partial charge in [-0.1, -0.05) is 12.1 Å². The second-order valence-electron chi connectivity index (χ2n) is 3.65. The van der Waals surface area contributed by atoms with E-state index in [1.54, 1.807) is 0 Å². The fraction of sp³-hybridized carbons (Fsp3) is 0.455. The van der Waals surface area contributed by atoms with Gasteiger partial charge in [0.1, 0.15) is 0 Å². The van der Waals surface area contributed by atoms with E-state index in [2.05, 4.69) is 26.0 Å². The highest BCUT2D eigenvalue weighted by Gasteiger charge is 2.22. The van der Waals surface area contributed by atoms with E-state index in [0.717, 1.165) is 12.8 Å². The highest BCUT2D eigenvalue weighted by molar-refractivity contribution is 5.44. The Morgan fingerprint density at radius 3 is 2.58 bits per heavy atom. The SMILES string of the molecule is Cc1ccc(C)c2c1CCC2O. The summed E-state index contributed by atoms with van der Waals surface area (Å²) in [5.41, 5.74) is 5.13. The fourth-order valence-electron chi connectivity index (χ4n) is 2.11. The molecule has 1 aliphatic rings. The predicted octanol–water partition coefficient (Wildman–Crippen LogP) is 2.28. The summed E-state index contributed by atoms with van der Waals surface area (Å²) >= 11 is 0. The number of aryl methyl sites for hydroxylation is 2. The molecule has 12 heavy (non-hydrogen) atoms. The average Bonchev–Trinajstić information content (AvgIpc) is 2.42. The number of hydrogen-bond acceptors (Lipinski definition) is 1. The molecule has 1 aromatic rings. The zero-order valence-corrected chi connectivity index (χ0v) is 7.59. The van der Waals surface area contributed by atoms with Crippen molar-refractivity contribution in [2.24, 2.45) is 0 Å². The Labute approximate surface area is 73.0 Å². The van der Waals surface area contributed by atoms with E-state index in [0.29, 0.717) is 0 Å².